The van der Waals surface area contributed by atoms with Gasteiger partial charge in [-0.2, -0.15) is 0 Å². The molecule has 1 aromatic heterocycles. The molecule has 1 atom stereocenters. The number of nitrogens with one attached hydrogen (secondary N) is 1. The van der Waals surface area contributed by atoms with Gasteiger partial charge in [0.15, 0.2) is 0 Å². The van der Waals surface area contributed by atoms with E-state index < -0.39 is 0 Å². The number of hydrogen-bond donors (Lipinski definition) is 1. The normalized spacial score (nSPS) is 20.2. The molecule has 1 N–H and O–H groups in total. The highest BCUT2D eigenvalue weighted by molar-refractivity contribution is 5.77. The molecule has 2 rings (SSSR count). The van der Waals surface area contributed by atoms with Crippen LogP contribution < -0.4 is 5.32 Å². The molecule has 2 heterocycles. The molecule has 100 valence electrons. The average molecular weight is 251 g/mol. The molecule has 5 nitrogen and oxygen atoms in total. The summed E-state index contributed by atoms with van der Waals surface area (Å²) >= 11 is 0. The van der Waals surface area contributed by atoms with Crippen molar-refractivity contribution in [1.82, 2.24) is 15.1 Å². The molecule has 1 saturated heterocycles. The van der Waals surface area contributed by atoms with E-state index in [0.717, 1.165) is 25.3 Å². The number of hydrogen-bond acceptors (Lipinski definition) is 4. The number of carbonyl (C=O) groups excluding carboxylic acids is 1. The number of rotatable bonds is 5. The van der Waals surface area contributed by atoms with Gasteiger partial charge < -0.3 is 14.6 Å². The minimum atomic E-state index is 0.142. The van der Waals surface area contributed by atoms with Crippen LogP contribution in [0.5, 0.6) is 0 Å². The average Bonchev–Trinajstić information content (AvgIpc) is 3.00. The number of furan rings is 1. The lowest BCUT2D eigenvalue weighted by Crippen LogP contribution is -2.38. The smallest absolute Gasteiger partial charge is 0.236 e. The van der Waals surface area contributed by atoms with Gasteiger partial charge >= 0.3 is 0 Å². The van der Waals surface area contributed by atoms with Crippen molar-refractivity contribution in [2.24, 2.45) is 0 Å². The zero-order valence-electron chi connectivity index (χ0n) is 11.1. The fourth-order valence-corrected chi connectivity index (χ4v) is 2.25. The van der Waals surface area contributed by atoms with Crippen LogP contribution in [0.3, 0.4) is 0 Å². The maximum atomic E-state index is 12.0. The second kappa shape index (κ2) is 6.02. The van der Waals surface area contributed by atoms with Gasteiger partial charge in [-0.25, -0.2) is 0 Å². The van der Waals surface area contributed by atoms with Crippen LogP contribution >= 0.6 is 0 Å². The van der Waals surface area contributed by atoms with Crippen molar-refractivity contribution in [3.8, 4) is 0 Å². The molecule has 0 bridgehead atoms. The molecule has 1 aliphatic heterocycles. The lowest BCUT2D eigenvalue weighted by molar-refractivity contribution is -0.131. The van der Waals surface area contributed by atoms with Crippen LogP contribution in [0, 0.1) is 0 Å². The Kier molecular flexibility index (Phi) is 4.38. The van der Waals surface area contributed by atoms with Crippen molar-refractivity contribution < 1.29 is 9.21 Å². The topological polar surface area (TPSA) is 48.7 Å². The van der Waals surface area contributed by atoms with Crippen LogP contribution in [0.2, 0.25) is 0 Å². The molecule has 5 heteroatoms. The lowest BCUT2D eigenvalue weighted by atomic mass is 10.3. The fraction of sp³-hybridized carbons (Fsp3) is 0.615. The van der Waals surface area contributed by atoms with Gasteiger partial charge in [-0.15, -0.1) is 0 Å². The first kappa shape index (κ1) is 13.1. The molecule has 18 heavy (non-hydrogen) atoms. The van der Waals surface area contributed by atoms with E-state index in [2.05, 4.69) is 10.2 Å². The molecular weight excluding hydrogens is 230 g/mol. The highest BCUT2D eigenvalue weighted by Gasteiger charge is 2.23. The van der Waals surface area contributed by atoms with E-state index in [9.17, 15) is 4.79 Å². The van der Waals surface area contributed by atoms with Crippen molar-refractivity contribution >= 4 is 5.91 Å². The van der Waals surface area contributed by atoms with E-state index in [1.807, 2.05) is 26.2 Å². The zero-order chi connectivity index (χ0) is 13.0. The maximum absolute atomic E-state index is 12.0. The number of amides is 1. The molecule has 1 unspecified atom stereocenters. The Bertz CT molecular complexity index is 378. The standard InChI is InChI=1S/C13H21N3O2/c1-14-11-5-6-16(8-11)10-13(17)15(2)9-12-4-3-7-18-12/h3-4,7,11,14H,5-6,8-10H2,1-2H3. The van der Waals surface area contributed by atoms with E-state index >= 15 is 0 Å². The third-order valence-corrected chi connectivity index (χ3v) is 3.44. The summed E-state index contributed by atoms with van der Waals surface area (Å²) in [5, 5.41) is 3.25. The monoisotopic (exact) mass is 251 g/mol. The summed E-state index contributed by atoms with van der Waals surface area (Å²) in [6.45, 7) is 2.98. The number of likely N-dealkylation sites (tertiary alicyclic amines) is 1. The first-order valence-corrected chi connectivity index (χ1v) is 6.35. The van der Waals surface area contributed by atoms with Crippen LogP contribution in [0.1, 0.15) is 12.2 Å². The highest BCUT2D eigenvalue weighted by Crippen LogP contribution is 2.09. The molecular formula is C13H21N3O2. The second-order valence-electron chi connectivity index (χ2n) is 4.84. The Labute approximate surface area is 108 Å². The third-order valence-electron chi connectivity index (χ3n) is 3.44. The molecule has 0 aliphatic carbocycles. The van der Waals surface area contributed by atoms with Gasteiger partial charge in [-0.1, -0.05) is 0 Å². The van der Waals surface area contributed by atoms with Crippen molar-refractivity contribution in [1.29, 1.82) is 0 Å². The fourth-order valence-electron chi connectivity index (χ4n) is 2.25. The third kappa shape index (κ3) is 3.34. The van der Waals surface area contributed by atoms with E-state index in [1.165, 1.54) is 0 Å². The minimum absolute atomic E-state index is 0.142. The van der Waals surface area contributed by atoms with E-state index in [-0.39, 0.29) is 5.91 Å². The van der Waals surface area contributed by atoms with E-state index in [0.29, 0.717) is 19.1 Å². The maximum Gasteiger partial charge on any atom is 0.236 e. The van der Waals surface area contributed by atoms with Gasteiger partial charge in [-0.3, -0.25) is 9.69 Å². The molecule has 1 aliphatic rings. The van der Waals surface area contributed by atoms with Gasteiger partial charge in [0.1, 0.15) is 5.76 Å². The largest absolute Gasteiger partial charge is 0.467 e. The summed E-state index contributed by atoms with van der Waals surface area (Å²) in [5.74, 6) is 0.962. The van der Waals surface area contributed by atoms with Crippen LogP contribution in [0.15, 0.2) is 22.8 Å². The summed E-state index contributed by atoms with van der Waals surface area (Å²) in [7, 11) is 3.79. The first-order valence-electron chi connectivity index (χ1n) is 6.35. The molecule has 0 aromatic carbocycles. The van der Waals surface area contributed by atoms with E-state index in [1.54, 1.807) is 11.2 Å². The Hall–Kier alpha value is -1.33. The summed E-state index contributed by atoms with van der Waals surface area (Å²) in [6, 6.07) is 4.25. The van der Waals surface area contributed by atoms with Crippen molar-refractivity contribution in [3.63, 3.8) is 0 Å². The van der Waals surface area contributed by atoms with Gasteiger partial charge in [0.2, 0.25) is 5.91 Å². The molecule has 0 saturated carbocycles. The van der Waals surface area contributed by atoms with Crippen molar-refractivity contribution in [3.05, 3.63) is 24.2 Å². The molecule has 1 aromatic rings. The van der Waals surface area contributed by atoms with Crippen molar-refractivity contribution in [2.45, 2.75) is 19.0 Å². The predicted octanol–water partition coefficient (Wildman–Crippen LogP) is 0.532. The number of carbonyl (C=O) groups is 1. The van der Waals surface area contributed by atoms with Gasteiger partial charge in [0.05, 0.1) is 19.4 Å². The quantitative estimate of drug-likeness (QED) is 0.829. The molecule has 0 radical (unpaired) electrons. The van der Waals surface area contributed by atoms with Crippen LogP contribution in [0.4, 0.5) is 0 Å². The van der Waals surface area contributed by atoms with Crippen LogP contribution in [-0.4, -0.2) is 55.5 Å². The SMILES string of the molecule is CNC1CCN(CC(=O)N(C)Cc2ccco2)C1. The first-order chi connectivity index (χ1) is 8.69. The summed E-state index contributed by atoms with van der Waals surface area (Å²) in [4.78, 5) is 16.0. The number of nitrogens with zero attached hydrogens (tertiary/aromatic N) is 2. The second-order valence-corrected chi connectivity index (χ2v) is 4.84. The highest BCUT2D eigenvalue weighted by atomic mass is 16.3. The van der Waals surface area contributed by atoms with Gasteiger partial charge in [0.25, 0.3) is 0 Å². The van der Waals surface area contributed by atoms with E-state index in [4.69, 9.17) is 4.42 Å². The summed E-state index contributed by atoms with van der Waals surface area (Å²) in [5.41, 5.74) is 0. The summed E-state index contributed by atoms with van der Waals surface area (Å²) in [6.07, 6.45) is 2.75. The van der Waals surface area contributed by atoms with Crippen LogP contribution in [0.25, 0.3) is 0 Å². The van der Waals surface area contributed by atoms with Gasteiger partial charge in [-0.05, 0) is 25.6 Å². The Morgan fingerprint density at radius 2 is 2.50 bits per heavy atom. The predicted molar refractivity (Wildman–Crippen MR) is 69.1 cm³/mol. The summed E-state index contributed by atoms with van der Waals surface area (Å²) < 4.78 is 5.24. The molecule has 0 spiro atoms. The Morgan fingerprint density at radius 3 is 3.11 bits per heavy atom. The minimum Gasteiger partial charge on any atom is -0.467 e. The Morgan fingerprint density at radius 1 is 1.67 bits per heavy atom. The zero-order valence-corrected chi connectivity index (χ0v) is 11.1. The van der Waals surface area contributed by atoms with Crippen LogP contribution in [-0.2, 0) is 11.3 Å². The number of likely N-dealkylation sites (N-methyl/N-ethyl adjacent to an activating group) is 2. The molecule has 1 amide bonds. The lowest BCUT2D eigenvalue weighted by Gasteiger charge is -2.20. The Balaban J connectivity index is 1.77. The van der Waals surface area contributed by atoms with Crippen molar-refractivity contribution in [2.75, 3.05) is 33.7 Å². The van der Waals surface area contributed by atoms with Gasteiger partial charge in [0, 0.05) is 26.2 Å². The molecule has 1 fully saturated rings.